The van der Waals surface area contributed by atoms with Crippen LogP contribution in [-0.2, 0) is 4.79 Å². The maximum atomic E-state index is 9.87. The molecule has 0 aliphatic carbocycles. The van der Waals surface area contributed by atoms with Crippen molar-refractivity contribution >= 4 is 14.4 Å². The fourth-order valence-electron chi connectivity index (χ4n) is 0.459. The molecule has 0 radical (unpaired) electrons. The van der Waals surface area contributed by atoms with Crippen LogP contribution in [0.1, 0.15) is 12.8 Å². The molecule has 1 nitrogen and oxygen atoms in total. The number of carbonyl (C=O) groups excluding carboxylic acids is 1. The second-order valence-electron chi connectivity index (χ2n) is 3.26. The van der Waals surface area contributed by atoms with Crippen molar-refractivity contribution in [3.63, 3.8) is 0 Å². The van der Waals surface area contributed by atoms with Crippen LogP contribution in [-0.4, -0.2) is 14.4 Å². The molecule has 0 heterocycles. The summed E-state index contributed by atoms with van der Waals surface area (Å²) in [7, 11) is -1.18. The predicted octanol–water partition coefficient (Wildman–Crippen LogP) is 1.85. The Morgan fingerprint density at radius 3 is 2.40 bits per heavy atom. The van der Waals surface area contributed by atoms with Gasteiger partial charge in [0.05, 0.1) is 0 Å². The second kappa shape index (κ2) is 4.29. The molecule has 0 aromatic heterocycles. The Balaban J connectivity index is 3.59. The summed E-state index contributed by atoms with van der Waals surface area (Å²) in [6.07, 6.45) is 2.23. The van der Waals surface area contributed by atoms with Gasteiger partial charge in [0.25, 0.3) is 0 Å². The quantitative estimate of drug-likeness (QED) is 0.257. The van der Waals surface area contributed by atoms with Gasteiger partial charge < -0.3 is 4.79 Å². The smallest absolute Gasteiger partial charge is 0.129 e. The molecule has 0 spiro atoms. The average molecular weight is 154 g/mol. The van der Waals surface area contributed by atoms with E-state index in [1.165, 1.54) is 0 Å². The molecule has 56 valence electrons. The van der Waals surface area contributed by atoms with Crippen molar-refractivity contribution in [1.29, 1.82) is 0 Å². The van der Waals surface area contributed by atoms with Crippen molar-refractivity contribution in [2.24, 2.45) is 0 Å². The molecular formula is C8H14OSi. The number of aldehydes is 1. The van der Waals surface area contributed by atoms with E-state index in [0.29, 0.717) is 6.42 Å². The third-order valence-corrected chi connectivity index (χ3v) is 1.78. The molecule has 0 aromatic carbocycles. The topological polar surface area (TPSA) is 17.1 Å². The fraction of sp³-hybridized carbons (Fsp3) is 0.625. The second-order valence-corrected chi connectivity index (χ2v) is 8.01. The van der Waals surface area contributed by atoms with Gasteiger partial charge in [0.2, 0.25) is 0 Å². The Kier molecular flexibility index (Phi) is 4.05. The zero-order chi connectivity index (χ0) is 8.04. The van der Waals surface area contributed by atoms with E-state index in [4.69, 9.17) is 0 Å². The SMILES string of the molecule is C[Si](C)(C)C#CCCC=O. The van der Waals surface area contributed by atoms with Crippen LogP contribution in [0.5, 0.6) is 0 Å². The average Bonchev–Trinajstić information content (AvgIpc) is 1.78. The number of hydrogen-bond donors (Lipinski definition) is 0. The monoisotopic (exact) mass is 154 g/mol. The molecule has 10 heavy (non-hydrogen) atoms. The zero-order valence-electron chi connectivity index (χ0n) is 6.90. The molecular weight excluding hydrogens is 140 g/mol. The predicted molar refractivity (Wildman–Crippen MR) is 46.4 cm³/mol. The van der Waals surface area contributed by atoms with Crippen LogP contribution in [0.15, 0.2) is 0 Å². The normalized spacial score (nSPS) is 9.90. The first-order valence-corrected chi connectivity index (χ1v) is 7.00. The number of carbonyl (C=O) groups is 1. The number of hydrogen-bond acceptors (Lipinski definition) is 1. The maximum Gasteiger partial charge on any atom is 0.129 e. The summed E-state index contributed by atoms with van der Waals surface area (Å²) in [6, 6.07) is 0. The third kappa shape index (κ3) is 7.45. The van der Waals surface area contributed by atoms with Gasteiger partial charge in [-0.15, -0.1) is 11.5 Å². The molecule has 0 aliphatic heterocycles. The minimum atomic E-state index is -1.18. The van der Waals surface area contributed by atoms with Gasteiger partial charge in [-0.05, 0) is 0 Å². The van der Waals surface area contributed by atoms with E-state index in [1.807, 2.05) is 0 Å². The molecule has 0 aromatic rings. The van der Waals surface area contributed by atoms with E-state index in [-0.39, 0.29) is 0 Å². The van der Waals surface area contributed by atoms with E-state index in [9.17, 15) is 4.79 Å². The van der Waals surface area contributed by atoms with Crippen molar-refractivity contribution in [1.82, 2.24) is 0 Å². The minimum Gasteiger partial charge on any atom is -0.303 e. The summed E-state index contributed by atoms with van der Waals surface area (Å²) in [5.41, 5.74) is 3.19. The molecule has 0 aliphatic rings. The Morgan fingerprint density at radius 1 is 1.40 bits per heavy atom. The van der Waals surface area contributed by atoms with Crippen molar-refractivity contribution in [3.05, 3.63) is 0 Å². The van der Waals surface area contributed by atoms with Crippen LogP contribution >= 0.6 is 0 Å². The van der Waals surface area contributed by atoms with Gasteiger partial charge in [-0.1, -0.05) is 19.6 Å². The maximum absolute atomic E-state index is 9.87. The van der Waals surface area contributed by atoms with E-state index in [0.717, 1.165) is 12.7 Å². The molecule has 2 heteroatoms. The van der Waals surface area contributed by atoms with Crippen LogP contribution in [0.25, 0.3) is 0 Å². The molecule has 0 saturated heterocycles. The van der Waals surface area contributed by atoms with Crippen molar-refractivity contribution in [2.75, 3.05) is 0 Å². The van der Waals surface area contributed by atoms with Gasteiger partial charge in [-0.3, -0.25) is 0 Å². The van der Waals surface area contributed by atoms with Crippen LogP contribution in [0.3, 0.4) is 0 Å². The summed E-state index contributed by atoms with van der Waals surface area (Å²) in [5, 5.41) is 0. The lowest BCUT2D eigenvalue weighted by molar-refractivity contribution is -0.107. The first kappa shape index (κ1) is 9.45. The molecule has 0 atom stereocenters. The highest BCUT2D eigenvalue weighted by molar-refractivity contribution is 6.83. The molecule has 0 fully saturated rings. The zero-order valence-corrected chi connectivity index (χ0v) is 7.90. The van der Waals surface area contributed by atoms with Crippen molar-refractivity contribution < 1.29 is 4.79 Å². The summed E-state index contributed by atoms with van der Waals surface area (Å²) in [5.74, 6) is 3.01. The van der Waals surface area contributed by atoms with E-state index in [1.54, 1.807) is 0 Å². The number of rotatable bonds is 2. The molecule has 0 saturated carbocycles. The van der Waals surface area contributed by atoms with Crippen LogP contribution in [0.2, 0.25) is 19.6 Å². The highest BCUT2D eigenvalue weighted by Gasteiger charge is 2.06. The van der Waals surface area contributed by atoms with Gasteiger partial charge in [-0.25, -0.2) is 0 Å². The van der Waals surface area contributed by atoms with E-state index in [2.05, 4.69) is 31.1 Å². The Bertz CT molecular complexity index is 156. The van der Waals surface area contributed by atoms with Gasteiger partial charge in [-0.2, -0.15) is 0 Å². The van der Waals surface area contributed by atoms with Gasteiger partial charge in [0, 0.05) is 12.8 Å². The summed E-state index contributed by atoms with van der Waals surface area (Å²) in [4.78, 5) is 9.87. The lowest BCUT2D eigenvalue weighted by atomic mass is 10.3. The third-order valence-electron chi connectivity index (χ3n) is 0.851. The van der Waals surface area contributed by atoms with Crippen LogP contribution in [0.4, 0.5) is 0 Å². The summed E-state index contributed by atoms with van der Waals surface area (Å²) < 4.78 is 0. The molecule has 0 unspecified atom stereocenters. The molecule has 0 N–H and O–H groups in total. The fourth-order valence-corrected chi connectivity index (χ4v) is 1.11. The Hall–Kier alpha value is -0.553. The molecule has 0 bridgehead atoms. The minimum absolute atomic E-state index is 0.581. The highest BCUT2D eigenvalue weighted by atomic mass is 28.3. The first-order valence-electron chi connectivity index (χ1n) is 3.50. The van der Waals surface area contributed by atoms with E-state index >= 15 is 0 Å². The standard InChI is InChI=1S/C8H14OSi/c1-10(2,3)8-6-4-5-7-9/h7H,4-5H2,1-3H3. The van der Waals surface area contributed by atoms with Gasteiger partial charge in [0.15, 0.2) is 0 Å². The van der Waals surface area contributed by atoms with Gasteiger partial charge >= 0.3 is 0 Å². The lowest BCUT2D eigenvalue weighted by Crippen LogP contribution is -2.16. The Morgan fingerprint density at radius 2 is 2.00 bits per heavy atom. The first-order chi connectivity index (χ1) is 4.56. The molecule has 0 amide bonds. The summed E-state index contributed by atoms with van der Waals surface area (Å²) >= 11 is 0. The summed E-state index contributed by atoms with van der Waals surface area (Å²) in [6.45, 7) is 6.59. The van der Waals surface area contributed by atoms with E-state index < -0.39 is 8.07 Å². The largest absolute Gasteiger partial charge is 0.303 e. The molecule has 0 rings (SSSR count). The number of unbranched alkanes of at least 4 members (excludes halogenated alkanes) is 1. The Labute approximate surface area is 63.8 Å². The van der Waals surface area contributed by atoms with Crippen molar-refractivity contribution in [3.8, 4) is 11.5 Å². The van der Waals surface area contributed by atoms with Crippen LogP contribution in [0, 0.1) is 11.5 Å². The highest BCUT2D eigenvalue weighted by Crippen LogP contribution is 1.96. The van der Waals surface area contributed by atoms with Gasteiger partial charge in [0.1, 0.15) is 14.4 Å². The van der Waals surface area contributed by atoms with Crippen LogP contribution < -0.4 is 0 Å². The van der Waals surface area contributed by atoms with Crippen molar-refractivity contribution in [2.45, 2.75) is 32.5 Å². The lowest BCUT2D eigenvalue weighted by Gasteiger charge is -2.02.